The molecular formula is C26H16O. The molecule has 0 fully saturated rings. The van der Waals surface area contributed by atoms with Crippen molar-refractivity contribution in [1.82, 2.24) is 0 Å². The molecule has 126 valence electrons. The topological polar surface area (TPSA) is 9.23 Å². The highest BCUT2D eigenvalue weighted by Crippen LogP contribution is 2.53. The van der Waals surface area contributed by atoms with E-state index in [2.05, 4.69) is 91.0 Å². The third kappa shape index (κ3) is 2.00. The van der Waals surface area contributed by atoms with Crippen molar-refractivity contribution in [3.05, 3.63) is 97.1 Å². The summed E-state index contributed by atoms with van der Waals surface area (Å²) in [5, 5.41) is 4.93. The molecule has 1 nitrogen and oxygen atoms in total. The monoisotopic (exact) mass is 344 g/mol. The lowest BCUT2D eigenvalue weighted by Crippen LogP contribution is -2.00. The highest BCUT2D eigenvalue weighted by molar-refractivity contribution is 6.22. The quantitative estimate of drug-likeness (QED) is 0.282. The molecule has 1 heterocycles. The first-order valence-corrected chi connectivity index (χ1v) is 9.22. The predicted molar refractivity (Wildman–Crippen MR) is 112 cm³/mol. The van der Waals surface area contributed by atoms with E-state index >= 15 is 0 Å². The lowest BCUT2D eigenvalue weighted by molar-refractivity contribution is 0.489. The molecule has 0 saturated carbocycles. The first kappa shape index (κ1) is 14.6. The van der Waals surface area contributed by atoms with Crippen molar-refractivity contribution < 1.29 is 4.74 Å². The van der Waals surface area contributed by atoms with Crippen LogP contribution in [0.5, 0.6) is 11.5 Å². The minimum Gasteiger partial charge on any atom is -0.455 e. The van der Waals surface area contributed by atoms with Crippen LogP contribution >= 0.6 is 0 Å². The van der Waals surface area contributed by atoms with Crippen LogP contribution in [0.25, 0.3) is 43.8 Å². The molecule has 0 saturated heterocycles. The maximum atomic E-state index is 6.54. The van der Waals surface area contributed by atoms with Gasteiger partial charge in [0.1, 0.15) is 11.5 Å². The second-order valence-electron chi connectivity index (χ2n) is 6.94. The van der Waals surface area contributed by atoms with Crippen LogP contribution in [-0.2, 0) is 0 Å². The number of hydrogen-bond acceptors (Lipinski definition) is 1. The molecule has 0 bridgehead atoms. The zero-order valence-electron chi connectivity index (χ0n) is 14.6. The second kappa shape index (κ2) is 5.46. The molecule has 1 aliphatic rings. The van der Waals surface area contributed by atoms with Crippen molar-refractivity contribution in [2.45, 2.75) is 0 Å². The Kier molecular flexibility index (Phi) is 2.95. The average Bonchev–Trinajstić information content (AvgIpc) is 2.75. The Morgan fingerprint density at radius 1 is 0.481 bits per heavy atom. The Hall–Kier alpha value is -3.58. The van der Waals surface area contributed by atoms with Crippen LogP contribution in [0.1, 0.15) is 0 Å². The van der Waals surface area contributed by atoms with Gasteiger partial charge in [0.15, 0.2) is 0 Å². The Balaban J connectivity index is 1.88. The summed E-state index contributed by atoms with van der Waals surface area (Å²) in [4.78, 5) is 0. The van der Waals surface area contributed by atoms with Gasteiger partial charge in [0.25, 0.3) is 0 Å². The summed E-state index contributed by atoms with van der Waals surface area (Å²) in [6.07, 6.45) is 0. The molecule has 6 rings (SSSR count). The second-order valence-corrected chi connectivity index (χ2v) is 6.94. The normalized spacial score (nSPS) is 12.0. The first-order valence-electron chi connectivity index (χ1n) is 9.22. The van der Waals surface area contributed by atoms with Crippen molar-refractivity contribution in [3.8, 4) is 33.8 Å². The van der Waals surface area contributed by atoms with E-state index in [0.717, 1.165) is 17.1 Å². The highest BCUT2D eigenvalue weighted by Gasteiger charge is 2.25. The van der Waals surface area contributed by atoms with Gasteiger partial charge in [-0.2, -0.15) is 0 Å². The zero-order chi connectivity index (χ0) is 17.8. The van der Waals surface area contributed by atoms with Gasteiger partial charge >= 0.3 is 0 Å². The van der Waals surface area contributed by atoms with Crippen LogP contribution in [0.3, 0.4) is 0 Å². The third-order valence-electron chi connectivity index (χ3n) is 5.46. The van der Waals surface area contributed by atoms with Crippen LogP contribution in [0.2, 0.25) is 0 Å². The highest BCUT2D eigenvalue weighted by atomic mass is 16.5. The van der Waals surface area contributed by atoms with Crippen molar-refractivity contribution in [2.24, 2.45) is 0 Å². The summed E-state index contributed by atoms with van der Waals surface area (Å²) >= 11 is 0. The van der Waals surface area contributed by atoms with Crippen molar-refractivity contribution in [1.29, 1.82) is 0 Å². The maximum absolute atomic E-state index is 6.54. The molecule has 0 aliphatic carbocycles. The fourth-order valence-corrected chi connectivity index (χ4v) is 4.31. The van der Waals surface area contributed by atoms with E-state index in [4.69, 9.17) is 4.74 Å². The van der Waals surface area contributed by atoms with Gasteiger partial charge in [0.05, 0.1) is 0 Å². The average molecular weight is 344 g/mol. The molecule has 0 unspecified atom stereocenters. The Bertz CT molecular complexity index is 1330. The van der Waals surface area contributed by atoms with Gasteiger partial charge in [-0.1, -0.05) is 91.0 Å². The van der Waals surface area contributed by atoms with Gasteiger partial charge in [0.2, 0.25) is 0 Å². The van der Waals surface area contributed by atoms with Gasteiger partial charge in [-0.3, -0.25) is 0 Å². The van der Waals surface area contributed by atoms with E-state index in [1.54, 1.807) is 0 Å². The molecule has 1 heteroatoms. The van der Waals surface area contributed by atoms with Gasteiger partial charge in [-0.05, 0) is 33.4 Å². The molecular weight excluding hydrogens is 328 g/mol. The number of rotatable bonds is 1. The van der Waals surface area contributed by atoms with Crippen LogP contribution in [0, 0.1) is 0 Å². The van der Waals surface area contributed by atoms with Gasteiger partial charge < -0.3 is 4.74 Å². The van der Waals surface area contributed by atoms with E-state index in [1.165, 1.54) is 38.2 Å². The van der Waals surface area contributed by atoms with Crippen molar-refractivity contribution >= 4 is 21.5 Å². The first-order chi connectivity index (χ1) is 13.4. The fraction of sp³-hybridized carbons (Fsp3) is 0. The Morgan fingerprint density at radius 3 is 2.04 bits per heavy atom. The molecule has 0 amide bonds. The molecule has 0 spiro atoms. The van der Waals surface area contributed by atoms with Crippen LogP contribution < -0.4 is 4.74 Å². The standard InChI is InChI=1S/C26H16O/c1-2-9-17(10-3-1)24-20-13-5-4-11-18(20)21-14-8-15-22-19-12-6-7-16-23(19)27-26(24)25(21)22/h1-16H. The van der Waals surface area contributed by atoms with Gasteiger partial charge in [-0.25, -0.2) is 0 Å². The summed E-state index contributed by atoms with van der Waals surface area (Å²) in [6, 6.07) is 34.1. The van der Waals surface area contributed by atoms with Crippen molar-refractivity contribution in [3.63, 3.8) is 0 Å². The van der Waals surface area contributed by atoms with Gasteiger partial charge in [-0.15, -0.1) is 0 Å². The smallest absolute Gasteiger partial charge is 0.144 e. The lowest BCUT2D eigenvalue weighted by atomic mass is 9.87. The summed E-state index contributed by atoms with van der Waals surface area (Å²) in [6.45, 7) is 0. The number of ether oxygens (including phenoxy) is 1. The summed E-state index contributed by atoms with van der Waals surface area (Å²) in [5.74, 6) is 1.88. The molecule has 1 aliphatic heterocycles. The number of benzene rings is 5. The molecule has 0 radical (unpaired) electrons. The molecule has 5 aromatic carbocycles. The molecule has 0 aromatic heterocycles. The van der Waals surface area contributed by atoms with E-state index in [0.29, 0.717) is 0 Å². The van der Waals surface area contributed by atoms with E-state index < -0.39 is 0 Å². The molecule has 5 aromatic rings. The van der Waals surface area contributed by atoms with E-state index in [1.807, 2.05) is 6.07 Å². The summed E-state index contributed by atoms with van der Waals surface area (Å²) < 4.78 is 6.54. The zero-order valence-corrected chi connectivity index (χ0v) is 14.6. The minimum atomic E-state index is 0.921. The number of para-hydroxylation sites is 1. The SMILES string of the molecule is c1ccc(-c2c3c4c(cccc4c4ccccc24)-c2ccccc2O3)cc1. The minimum absolute atomic E-state index is 0.921. The van der Waals surface area contributed by atoms with Gasteiger partial charge in [0, 0.05) is 16.5 Å². The maximum Gasteiger partial charge on any atom is 0.144 e. The molecule has 0 N–H and O–H groups in total. The van der Waals surface area contributed by atoms with Crippen LogP contribution in [0.15, 0.2) is 97.1 Å². The lowest BCUT2D eigenvalue weighted by Gasteiger charge is -2.25. The van der Waals surface area contributed by atoms with Crippen LogP contribution in [0.4, 0.5) is 0 Å². The summed E-state index contributed by atoms with van der Waals surface area (Å²) in [7, 11) is 0. The summed E-state index contributed by atoms with van der Waals surface area (Å²) in [5.41, 5.74) is 4.75. The van der Waals surface area contributed by atoms with Crippen LogP contribution in [-0.4, -0.2) is 0 Å². The number of hydrogen-bond donors (Lipinski definition) is 0. The van der Waals surface area contributed by atoms with E-state index in [9.17, 15) is 0 Å². The molecule has 27 heavy (non-hydrogen) atoms. The van der Waals surface area contributed by atoms with Crippen molar-refractivity contribution in [2.75, 3.05) is 0 Å². The van der Waals surface area contributed by atoms with E-state index in [-0.39, 0.29) is 0 Å². The molecule has 0 atom stereocenters. The largest absolute Gasteiger partial charge is 0.455 e. The fourth-order valence-electron chi connectivity index (χ4n) is 4.31. The Labute approximate surface area is 157 Å². The predicted octanol–water partition coefficient (Wildman–Crippen LogP) is 7.43. The third-order valence-corrected chi connectivity index (χ3v) is 5.46. The Morgan fingerprint density at radius 2 is 1.15 bits per heavy atom. The number of fused-ring (bicyclic) bond motifs is 4.